The Labute approximate surface area is 164 Å². The van der Waals surface area contributed by atoms with Crippen molar-refractivity contribution in [3.05, 3.63) is 29.3 Å². The first kappa shape index (κ1) is 20.0. The van der Waals surface area contributed by atoms with Gasteiger partial charge in [0.1, 0.15) is 6.04 Å². The van der Waals surface area contributed by atoms with E-state index in [-0.39, 0.29) is 18.7 Å². The van der Waals surface area contributed by atoms with Gasteiger partial charge in [0, 0.05) is 18.7 Å². The summed E-state index contributed by atoms with van der Waals surface area (Å²) >= 11 is 0. The highest BCUT2D eigenvalue weighted by atomic mass is 16.2. The number of rotatable bonds is 8. The Hall–Kier alpha value is -2.74. The second kappa shape index (κ2) is 8.52. The van der Waals surface area contributed by atoms with E-state index >= 15 is 0 Å². The summed E-state index contributed by atoms with van der Waals surface area (Å²) in [6, 6.07) is 4.16. The number of hydrogen-bond donors (Lipinski definition) is 2. The van der Waals surface area contributed by atoms with E-state index < -0.39 is 23.8 Å². The van der Waals surface area contributed by atoms with E-state index in [0.29, 0.717) is 23.4 Å². The molecule has 0 bridgehead atoms. The van der Waals surface area contributed by atoms with Crippen LogP contribution in [0.3, 0.4) is 0 Å². The minimum atomic E-state index is -0.944. The van der Waals surface area contributed by atoms with Gasteiger partial charge in [-0.15, -0.1) is 0 Å². The SMILES string of the molecule is CCN(CC)CCCNc1cccc2c1C(=O)N(C1CCC(=O)NC1=O)C2=O. The normalized spacial score (nSPS) is 19.2. The monoisotopic (exact) mass is 386 g/mol. The average Bonchev–Trinajstić information content (AvgIpc) is 2.94. The molecule has 2 aliphatic rings. The molecule has 1 atom stereocenters. The molecule has 1 aromatic carbocycles. The van der Waals surface area contributed by atoms with Gasteiger partial charge in [0.25, 0.3) is 11.8 Å². The maximum Gasteiger partial charge on any atom is 0.264 e. The number of fused-ring (bicyclic) bond motifs is 1. The zero-order valence-corrected chi connectivity index (χ0v) is 16.3. The van der Waals surface area contributed by atoms with Crippen molar-refractivity contribution in [3.63, 3.8) is 0 Å². The van der Waals surface area contributed by atoms with Crippen LogP contribution in [0, 0.1) is 0 Å². The topological polar surface area (TPSA) is 98.8 Å². The number of anilines is 1. The highest BCUT2D eigenvalue weighted by molar-refractivity contribution is 6.25. The fourth-order valence-corrected chi connectivity index (χ4v) is 3.73. The molecule has 0 aliphatic carbocycles. The van der Waals surface area contributed by atoms with Gasteiger partial charge in [-0.3, -0.25) is 29.4 Å². The summed E-state index contributed by atoms with van der Waals surface area (Å²) in [5, 5.41) is 5.47. The molecular formula is C20H26N4O4. The second-order valence-electron chi connectivity index (χ2n) is 6.98. The molecule has 0 aromatic heterocycles. The van der Waals surface area contributed by atoms with Crippen LogP contribution in [-0.2, 0) is 9.59 Å². The molecule has 4 amide bonds. The summed E-state index contributed by atoms with van der Waals surface area (Å²) in [4.78, 5) is 52.6. The molecule has 3 rings (SSSR count). The van der Waals surface area contributed by atoms with Crippen LogP contribution in [0.5, 0.6) is 0 Å². The number of nitrogens with zero attached hydrogens (tertiary/aromatic N) is 2. The van der Waals surface area contributed by atoms with Gasteiger partial charge < -0.3 is 10.2 Å². The molecular weight excluding hydrogens is 360 g/mol. The Morgan fingerprint density at radius 3 is 2.57 bits per heavy atom. The number of nitrogens with one attached hydrogen (secondary N) is 2. The van der Waals surface area contributed by atoms with Crippen LogP contribution in [0.1, 0.15) is 53.8 Å². The van der Waals surface area contributed by atoms with E-state index in [0.717, 1.165) is 31.0 Å². The zero-order chi connectivity index (χ0) is 20.3. The van der Waals surface area contributed by atoms with Crippen LogP contribution in [-0.4, -0.2) is 65.6 Å². The third-order valence-corrected chi connectivity index (χ3v) is 5.33. The lowest BCUT2D eigenvalue weighted by Gasteiger charge is -2.27. The summed E-state index contributed by atoms with van der Waals surface area (Å²) in [5.41, 5.74) is 1.20. The number of amides is 4. The molecule has 1 unspecified atom stereocenters. The van der Waals surface area contributed by atoms with E-state index in [2.05, 4.69) is 29.4 Å². The number of carbonyl (C=O) groups is 4. The summed E-state index contributed by atoms with van der Waals surface area (Å²) in [5.74, 6) is -1.95. The predicted molar refractivity (Wildman–Crippen MR) is 104 cm³/mol. The number of imide groups is 2. The average molecular weight is 386 g/mol. The van der Waals surface area contributed by atoms with Gasteiger partial charge in [0.2, 0.25) is 11.8 Å². The molecule has 150 valence electrons. The zero-order valence-electron chi connectivity index (χ0n) is 16.3. The van der Waals surface area contributed by atoms with Gasteiger partial charge in [-0.25, -0.2) is 0 Å². The van der Waals surface area contributed by atoms with Crippen molar-refractivity contribution in [3.8, 4) is 0 Å². The minimum Gasteiger partial charge on any atom is -0.384 e. The number of benzene rings is 1. The fraction of sp³-hybridized carbons (Fsp3) is 0.500. The van der Waals surface area contributed by atoms with E-state index in [1.165, 1.54) is 0 Å². The van der Waals surface area contributed by atoms with Crippen LogP contribution in [0.2, 0.25) is 0 Å². The summed E-state index contributed by atoms with van der Waals surface area (Å²) in [6.07, 6.45) is 1.17. The Balaban J connectivity index is 1.73. The van der Waals surface area contributed by atoms with E-state index in [4.69, 9.17) is 0 Å². The first-order valence-corrected chi connectivity index (χ1v) is 9.78. The Kier molecular flexibility index (Phi) is 6.08. The van der Waals surface area contributed by atoms with Crippen LogP contribution < -0.4 is 10.6 Å². The van der Waals surface area contributed by atoms with Crippen molar-refractivity contribution in [1.82, 2.24) is 15.1 Å². The molecule has 8 heteroatoms. The lowest BCUT2D eigenvalue weighted by atomic mass is 10.0. The standard InChI is InChI=1S/C20H26N4O4/c1-3-23(4-2)12-6-11-21-14-8-5-7-13-17(14)20(28)24(19(13)27)15-9-10-16(25)22-18(15)26/h5,7-8,15,21H,3-4,6,9-12H2,1-2H3,(H,22,25,26). The van der Waals surface area contributed by atoms with E-state index in [9.17, 15) is 19.2 Å². The van der Waals surface area contributed by atoms with Crippen LogP contribution in [0.25, 0.3) is 0 Å². The van der Waals surface area contributed by atoms with E-state index in [1.807, 2.05) is 0 Å². The lowest BCUT2D eigenvalue weighted by Crippen LogP contribution is -2.54. The molecule has 1 saturated heterocycles. The Morgan fingerprint density at radius 1 is 1.14 bits per heavy atom. The number of hydrogen-bond acceptors (Lipinski definition) is 6. The van der Waals surface area contributed by atoms with Gasteiger partial charge in [0.05, 0.1) is 11.1 Å². The Morgan fingerprint density at radius 2 is 1.89 bits per heavy atom. The van der Waals surface area contributed by atoms with Crippen molar-refractivity contribution >= 4 is 29.3 Å². The van der Waals surface area contributed by atoms with Gasteiger partial charge in [-0.2, -0.15) is 0 Å². The quantitative estimate of drug-likeness (QED) is 0.515. The minimum absolute atomic E-state index is 0.111. The lowest BCUT2D eigenvalue weighted by molar-refractivity contribution is -0.136. The summed E-state index contributed by atoms with van der Waals surface area (Å²) < 4.78 is 0. The van der Waals surface area contributed by atoms with Crippen LogP contribution in [0.15, 0.2) is 18.2 Å². The van der Waals surface area contributed by atoms with Gasteiger partial charge in [-0.1, -0.05) is 19.9 Å². The van der Waals surface area contributed by atoms with Gasteiger partial charge >= 0.3 is 0 Å². The Bertz CT molecular complexity index is 803. The fourth-order valence-electron chi connectivity index (χ4n) is 3.73. The van der Waals surface area contributed by atoms with Crippen molar-refractivity contribution in [1.29, 1.82) is 0 Å². The first-order valence-electron chi connectivity index (χ1n) is 9.78. The molecule has 2 N–H and O–H groups in total. The van der Waals surface area contributed by atoms with Gasteiger partial charge in [-0.05, 0) is 44.6 Å². The molecule has 8 nitrogen and oxygen atoms in total. The number of piperidine rings is 1. The van der Waals surface area contributed by atoms with Crippen molar-refractivity contribution in [2.24, 2.45) is 0 Å². The summed E-state index contributed by atoms with van der Waals surface area (Å²) in [7, 11) is 0. The molecule has 1 aromatic rings. The molecule has 28 heavy (non-hydrogen) atoms. The summed E-state index contributed by atoms with van der Waals surface area (Å²) in [6.45, 7) is 7.84. The van der Waals surface area contributed by atoms with Crippen LogP contribution >= 0.6 is 0 Å². The van der Waals surface area contributed by atoms with E-state index in [1.54, 1.807) is 18.2 Å². The third-order valence-electron chi connectivity index (χ3n) is 5.33. The molecule has 1 fully saturated rings. The molecule has 2 aliphatic heterocycles. The molecule has 0 saturated carbocycles. The van der Waals surface area contributed by atoms with Crippen LogP contribution in [0.4, 0.5) is 5.69 Å². The third kappa shape index (κ3) is 3.77. The van der Waals surface area contributed by atoms with Crippen molar-refractivity contribution in [2.75, 3.05) is 31.5 Å². The molecule has 2 heterocycles. The highest BCUT2D eigenvalue weighted by Crippen LogP contribution is 2.32. The van der Waals surface area contributed by atoms with Gasteiger partial charge in [0.15, 0.2) is 0 Å². The van der Waals surface area contributed by atoms with Crippen molar-refractivity contribution in [2.45, 2.75) is 39.2 Å². The maximum atomic E-state index is 13.0. The van der Waals surface area contributed by atoms with Crippen molar-refractivity contribution < 1.29 is 19.2 Å². The molecule has 0 spiro atoms. The largest absolute Gasteiger partial charge is 0.384 e. The highest BCUT2D eigenvalue weighted by Gasteiger charge is 2.45. The second-order valence-corrected chi connectivity index (χ2v) is 6.98. The first-order chi connectivity index (χ1) is 13.5. The molecule has 0 radical (unpaired) electrons. The predicted octanol–water partition coefficient (Wildman–Crippen LogP) is 1.23. The maximum absolute atomic E-state index is 13.0. The smallest absolute Gasteiger partial charge is 0.264 e. The number of carbonyl (C=O) groups excluding carboxylic acids is 4.